The van der Waals surface area contributed by atoms with E-state index in [1.54, 1.807) is 24.3 Å². The number of aliphatic hydroxyl groups excluding tert-OH is 2. The van der Waals surface area contributed by atoms with Crippen molar-refractivity contribution in [2.75, 3.05) is 0 Å². The summed E-state index contributed by atoms with van der Waals surface area (Å²) in [5.41, 5.74) is 3.34. The third-order valence-electron chi connectivity index (χ3n) is 3.76. The second-order valence-electron chi connectivity index (χ2n) is 5.05. The van der Waals surface area contributed by atoms with Crippen LogP contribution in [0.5, 0.6) is 0 Å². The van der Waals surface area contributed by atoms with Gasteiger partial charge in [-0.3, -0.25) is 4.79 Å². The first-order chi connectivity index (χ1) is 10.1. The topological polar surface area (TPSA) is 81.3 Å². The normalized spacial score (nSPS) is 15.0. The van der Waals surface area contributed by atoms with Gasteiger partial charge < -0.3 is 10.2 Å². The Hall–Kier alpha value is -2.48. The third-order valence-corrected chi connectivity index (χ3v) is 3.76. The first-order valence-electron chi connectivity index (χ1n) is 6.64. The van der Waals surface area contributed by atoms with Gasteiger partial charge in [-0.1, -0.05) is 36.4 Å². The van der Waals surface area contributed by atoms with Gasteiger partial charge in [-0.25, -0.2) is 0 Å². The number of carbonyl (C=O) groups excluding carboxylic acids is 1. The molecule has 0 aromatic heterocycles. The van der Waals surface area contributed by atoms with Gasteiger partial charge in [-0.05, 0) is 22.8 Å². The van der Waals surface area contributed by atoms with E-state index in [9.17, 15) is 15.0 Å². The molecule has 0 radical (unpaired) electrons. The molecule has 0 aliphatic heterocycles. The zero-order valence-electron chi connectivity index (χ0n) is 11.2. The molecule has 4 nitrogen and oxygen atoms in total. The number of hydrogen-bond donors (Lipinski definition) is 2. The molecule has 1 aliphatic carbocycles. The van der Waals surface area contributed by atoms with Gasteiger partial charge in [-0.15, -0.1) is 0 Å². The maximum Gasteiger partial charge on any atom is 0.194 e. The number of fused-ring (bicyclic) bond motifs is 3. The molecular formula is C17H13NO3. The monoisotopic (exact) mass is 279 g/mol. The summed E-state index contributed by atoms with van der Waals surface area (Å²) >= 11 is 0. The van der Waals surface area contributed by atoms with Crippen LogP contribution in [0.3, 0.4) is 0 Å². The molecule has 0 bridgehead atoms. The minimum atomic E-state index is -1.17. The molecule has 0 heterocycles. The Morgan fingerprint density at radius 3 is 2.38 bits per heavy atom. The standard InChI is InChI=1S/C17H13NO3/c18-8-7-15(19)16(20)10-5-6-12-11-3-1-2-4-13(11)17(21)14(12)9-10/h1-6,9,15-16,19-20H,7H2. The molecule has 2 atom stereocenters. The highest BCUT2D eigenvalue weighted by Crippen LogP contribution is 2.37. The summed E-state index contributed by atoms with van der Waals surface area (Å²) in [5.74, 6) is -0.0792. The van der Waals surface area contributed by atoms with Crippen molar-refractivity contribution in [1.82, 2.24) is 0 Å². The molecular weight excluding hydrogens is 266 g/mol. The molecule has 0 spiro atoms. The van der Waals surface area contributed by atoms with E-state index < -0.39 is 12.2 Å². The molecule has 21 heavy (non-hydrogen) atoms. The number of nitriles is 1. The lowest BCUT2D eigenvalue weighted by atomic mass is 9.97. The molecule has 1 aliphatic rings. The number of ketones is 1. The number of rotatable bonds is 3. The van der Waals surface area contributed by atoms with Crippen molar-refractivity contribution in [2.45, 2.75) is 18.6 Å². The zero-order chi connectivity index (χ0) is 15.0. The van der Waals surface area contributed by atoms with E-state index in [0.29, 0.717) is 16.7 Å². The van der Waals surface area contributed by atoms with E-state index in [2.05, 4.69) is 0 Å². The quantitative estimate of drug-likeness (QED) is 0.770. The van der Waals surface area contributed by atoms with Gasteiger partial charge in [0.25, 0.3) is 0 Å². The van der Waals surface area contributed by atoms with E-state index in [1.165, 1.54) is 0 Å². The second kappa shape index (κ2) is 5.13. The SMILES string of the molecule is N#CCC(O)C(O)c1ccc2c(c1)C(=O)c1ccccc1-2. The summed E-state index contributed by atoms with van der Waals surface area (Å²) < 4.78 is 0. The zero-order valence-corrected chi connectivity index (χ0v) is 11.2. The van der Waals surface area contributed by atoms with Gasteiger partial charge in [0.2, 0.25) is 0 Å². The van der Waals surface area contributed by atoms with Crippen LogP contribution in [-0.2, 0) is 0 Å². The molecule has 2 N–H and O–H groups in total. The highest BCUT2D eigenvalue weighted by atomic mass is 16.3. The summed E-state index contributed by atoms with van der Waals surface area (Å²) in [6.45, 7) is 0. The molecule has 0 saturated carbocycles. The van der Waals surface area contributed by atoms with Crippen LogP contribution in [-0.4, -0.2) is 22.1 Å². The van der Waals surface area contributed by atoms with Crippen LogP contribution in [0, 0.1) is 11.3 Å². The first kappa shape index (κ1) is 13.5. The molecule has 4 heteroatoms. The van der Waals surface area contributed by atoms with Gasteiger partial charge in [0.05, 0.1) is 18.6 Å². The molecule has 3 rings (SSSR count). The lowest BCUT2D eigenvalue weighted by Crippen LogP contribution is -2.17. The smallest absolute Gasteiger partial charge is 0.194 e. The summed E-state index contributed by atoms with van der Waals surface area (Å²) in [6.07, 6.45) is -2.50. The molecule has 104 valence electrons. The lowest BCUT2D eigenvalue weighted by Gasteiger charge is -2.16. The van der Waals surface area contributed by atoms with E-state index >= 15 is 0 Å². The molecule has 0 fully saturated rings. The highest BCUT2D eigenvalue weighted by Gasteiger charge is 2.28. The maximum atomic E-state index is 12.4. The minimum absolute atomic E-state index is 0.0792. The molecule has 2 unspecified atom stereocenters. The Kier molecular flexibility index (Phi) is 3.30. The highest BCUT2D eigenvalue weighted by molar-refractivity contribution is 6.21. The van der Waals surface area contributed by atoms with Gasteiger partial charge in [0.15, 0.2) is 5.78 Å². The van der Waals surface area contributed by atoms with Crippen molar-refractivity contribution in [2.24, 2.45) is 0 Å². The Balaban J connectivity index is 2.02. The van der Waals surface area contributed by atoms with Crippen molar-refractivity contribution >= 4 is 5.78 Å². The predicted octanol–water partition coefficient (Wildman–Crippen LogP) is 2.21. The average Bonchev–Trinajstić information content (AvgIpc) is 2.80. The van der Waals surface area contributed by atoms with Crippen LogP contribution in [0.1, 0.15) is 34.0 Å². The summed E-state index contributed by atoms with van der Waals surface area (Å²) in [5, 5.41) is 28.3. The van der Waals surface area contributed by atoms with Gasteiger partial charge >= 0.3 is 0 Å². The van der Waals surface area contributed by atoms with Gasteiger partial charge in [0, 0.05) is 11.1 Å². The largest absolute Gasteiger partial charge is 0.389 e. The molecule has 2 aromatic rings. The van der Waals surface area contributed by atoms with Gasteiger partial charge in [0.1, 0.15) is 6.10 Å². The van der Waals surface area contributed by atoms with Crippen molar-refractivity contribution in [3.63, 3.8) is 0 Å². The van der Waals surface area contributed by atoms with Crippen LogP contribution in [0.15, 0.2) is 42.5 Å². The Morgan fingerprint density at radius 1 is 1.00 bits per heavy atom. The Morgan fingerprint density at radius 2 is 1.67 bits per heavy atom. The fourth-order valence-electron chi connectivity index (χ4n) is 2.66. The number of benzene rings is 2. The van der Waals surface area contributed by atoms with Crippen molar-refractivity contribution in [3.05, 3.63) is 59.2 Å². The molecule has 0 saturated heterocycles. The van der Waals surface area contributed by atoms with Crippen LogP contribution in [0.4, 0.5) is 0 Å². The number of aliphatic hydroxyl groups is 2. The van der Waals surface area contributed by atoms with Crippen LogP contribution >= 0.6 is 0 Å². The molecule has 0 amide bonds. The molecule has 2 aromatic carbocycles. The summed E-state index contributed by atoms with van der Waals surface area (Å²) in [6, 6.07) is 14.2. The third kappa shape index (κ3) is 2.13. The Labute approximate surface area is 121 Å². The summed E-state index contributed by atoms with van der Waals surface area (Å²) in [4.78, 5) is 12.4. The second-order valence-corrected chi connectivity index (χ2v) is 5.05. The van der Waals surface area contributed by atoms with E-state index in [-0.39, 0.29) is 12.2 Å². The fourth-order valence-corrected chi connectivity index (χ4v) is 2.66. The van der Waals surface area contributed by atoms with Crippen molar-refractivity contribution in [3.8, 4) is 17.2 Å². The number of nitrogens with zero attached hydrogens (tertiary/aromatic N) is 1. The predicted molar refractivity (Wildman–Crippen MR) is 76.5 cm³/mol. The van der Waals surface area contributed by atoms with Crippen LogP contribution in [0.2, 0.25) is 0 Å². The average molecular weight is 279 g/mol. The summed E-state index contributed by atoms with van der Waals surface area (Å²) in [7, 11) is 0. The van der Waals surface area contributed by atoms with Gasteiger partial charge in [-0.2, -0.15) is 5.26 Å². The van der Waals surface area contributed by atoms with E-state index in [4.69, 9.17) is 5.26 Å². The number of hydrogen-bond acceptors (Lipinski definition) is 4. The van der Waals surface area contributed by atoms with Crippen molar-refractivity contribution < 1.29 is 15.0 Å². The maximum absolute atomic E-state index is 12.4. The van der Waals surface area contributed by atoms with Crippen molar-refractivity contribution in [1.29, 1.82) is 5.26 Å². The van der Waals surface area contributed by atoms with E-state index in [0.717, 1.165) is 11.1 Å². The van der Waals surface area contributed by atoms with Crippen LogP contribution < -0.4 is 0 Å². The van der Waals surface area contributed by atoms with Crippen LogP contribution in [0.25, 0.3) is 11.1 Å². The van der Waals surface area contributed by atoms with E-state index in [1.807, 2.05) is 24.3 Å². The number of carbonyl (C=O) groups is 1. The fraction of sp³-hybridized carbons (Fsp3) is 0.176. The first-order valence-corrected chi connectivity index (χ1v) is 6.64. The minimum Gasteiger partial charge on any atom is -0.389 e. The lowest BCUT2D eigenvalue weighted by molar-refractivity contribution is 0.0216. The Bertz CT molecular complexity index is 761.